The monoisotopic (exact) mass is 441 g/mol. The van der Waals surface area contributed by atoms with Crippen molar-refractivity contribution in [3.8, 4) is 0 Å². The van der Waals surface area contributed by atoms with Crippen molar-refractivity contribution in [3.63, 3.8) is 0 Å². The van der Waals surface area contributed by atoms with Crippen LogP contribution in [0, 0.1) is 11.6 Å². The number of carbonyl (C=O) groups excluding carboxylic acids is 2. The van der Waals surface area contributed by atoms with Crippen LogP contribution in [0.2, 0.25) is 0 Å². The number of benzene rings is 2. The van der Waals surface area contributed by atoms with Crippen molar-refractivity contribution >= 4 is 11.8 Å². The first-order valence-electron chi connectivity index (χ1n) is 11.3. The number of hydrogen-bond donors (Lipinski definition) is 0. The molecule has 0 bridgehead atoms. The van der Waals surface area contributed by atoms with Gasteiger partial charge < -0.3 is 9.80 Å². The first-order valence-corrected chi connectivity index (χ1v) is 11.3. The maximum Gasteiger partial charge on any atom is 0.242 e. The lowest BCUT2D eigenvalue weighted by molar-refractivity contribution is -0.141. The fourth-order valence-electron chi connectivity index (χ4n) is 4.60. The molecule has 2 heterocycles. The van der Waals surface area contributed by atoms with Crippen LogP contribution in [-0.2, 0) is 9.59 Å². The second-order valence-electron chi connectivity index (χ2n) is 8.55. The lowest BCUT2D eigenvalue weighted by Crippen LogP contribution is -2.52. The quantitative estimate of drug-likeness (QED) is 0.712. The molecule has 7 heteroatoms. The minimum Gasteiger partial charge on any atom is -0.339 e. The summed E-state index contributed by atoms with van der Waals surface area (Å²) in [7, 11) is 0. The molecular weight excluding hydrogens is 412 g/mol. The Morgan fingerprint density at radius 3 is 1.91 bits per heavy atom. The molecule has 0 unspecified atom stereocenters. The van der Waals surface area contributed by atoms with Crippen molar-refractivity contribution in [2.24, 2.45) is 0 Å². The van der Waals surface area contributed by atoms with Crippen LogP contribution >= 0.6 is 0 Å². The molecule has 2 aliphatic rings. The molecule has 0 N–H and O–H groups in total. The van der Waals surface area contributed by atoms with Gasteiger partial charge in [-0.3, -0.25) is 14.5 Å². The molecule has 2 aliphatic heterocycles. The third-order valence-corrected chi connectivity index (χ3v) is 6.40. The largest absolute Gasteiger partial charge is 0.339 e. The van der Waals surface area contributed by atoms with Gasteiger partial charge in [0, 0.05) is 39.1 Å². The summed E-state index contributed by atoms with van der Waals surface area (Å²) in [6, 6.07) is 12.6. The van der Waals surface area contributed by atoms with E-state index in [-0.39, 0.29) is 36.0 Å². The SMILES string of the molecule is O=C(CN1CCCCCC1=O)N1CCN(C(c2ccc(F)cc2)c2ccc(F)cc2)CC1. The first kappa shape index (κ1) is 22.4. The highest BCUT2D eigenvalue weighted by molar-refractivity contribution is 5.85. The number of likely N-dealkylation sites (tertiary alicyclic amines) is 1. The summed E-state index contributed by atoms with van der Waals surface area (Å²) in [5.74, 6) is -0.544. The first-order chi connectivity index (χ1) is 15.5. The predicted octanol–water partition coefficient (Wildman–Crippen LogP) is 3.60. The fraction of sp³-hybridized carbons (Fsp3) is 0.440. The second-order valence-corrected chi connectivity index (χ2v) is 8.55. The van der Waals surface area contributed by atoms with Crippen molar-refractivity contribution in [1.29, 1.82) is 0 Å². The Labute approximate surface area is 187 Å². The lowest BCUT2D eigenvalue weighted by atomic mass is 9.96. The Morgan fingerprint density at radius 1 is 0.781 bits per heavy atom. The van der Waals surface area contributed by atoms with Crippen LogP contribution in [0.5, 0.6) is 0 Å². The van der Waals surface area contributed by atoms with Gasteiger partial charge in [0.2, 0.25) is 11.8 Å². The highest BCUT2D eigenvalue weighted by Crippen LogP contribution is 2.30. The van der Waals surface area contributed by atoms with E-state index < -0.39 is 0 Å². The lowest BCUT2D eigenvalue weighted by Gasteiger charge is -2.40. The summed E-state index contributed by atoms with van der Waals surface area (Å²) in [6.07, 6.45) is 3.40. The molecule has 2 fully saturated rings. The highest BCUT2D eigenvalue weighted by atomic mass is 19.1. The molecule has 4 rings (SSSR count). The molecule has 2 amide bonds. The van der Waals surface area contributed by atoms with E-state index in [9.17, 15) is 18.4 Å². The Bertz CT molecular complexity index is 880. The second kappa shape index (κ2) is 10.2. The van der Waals surface area contributed by atoms with Crippen molar-refractivity contribution in [3.05, 3.63) is 71.3 Å². The summed E-state index contributed by atoms with van der Waals surface area (Å²) in [5.41, 5.74) is 1.85. The van der Waals surface area contributed by atoms with Gasteiger partial charge in [-0.2, -0.15) is 0 Å². The molecule has 0 spiro atoms. The van der Waals surface area contributed by atoms with E-state index in [1.54, 1.807) is 29.2 Å². The Hall–Kier alpha value is -2.80. The van der Waals surface area contributed by atoms with Crippen LogP contribution in [0.3, 0.4) is 0 Å². The standard InChI is InChI=1S/C25H29F2N3O2/c26-21-9-5-19(6-10-21)25(20-7-11-22(27)12-8-20)29-16-14-28(15-17-29)24(32)18-30-13-3-1-2-4-23(30)31/h5-12,25H,1-4,13-18H2. The van der Waals surface area contributed by atoms with Gasteiger partial charge in [-0.05, 0) is 48.2 Å². The van der Waals surface area contributed by atoms with Crippen LogP contribution in [0.25, 0.3) is 0 Å². The van der Waals surface area contributed by atoms with Crippen molar-refractivity contribution < 1.29 is 18.4 Å². The van der Waals surface area contributed by atoms with Gasteiger partial charge in [0.05, 0.1) is 12.6 Å². The fourth-order valence-corrected chi connectivity index (χ4v) is 4.60. The molecular formula is C25H29F2N3O2. The van der Waals surface area contributed by atoms with E-state index in [4.69, 9.17) is 0 Å². The zero-order valence-corrected chi connectivity index (χ0v) is 18.2. The minimum absolute atomic E-state index is 0.0139. The minimum atomic E-state index is -0.301. The average molecular weight is 442 g/mol. The molecule has 5 nitrogen and oxygen atoms in total. The van der Waals surface area contributed by atoms with Gasteiger partial charge in [0.1, 0.15) is 11.6 Å². The number of halogens is 2. The highest BCUT2D eigenvalue weighted by Gasteiger charge is 2.29. The van der Waals surface area contributed by atoms with Gasteiger partial charge in [-0.25, -0.2) is 8.78 Å². The van der Waals surface area contributed by atoms with E-state index in [2.05, 4.69) is 4.90 Å². The molecule has 170 valence electrons. The number of carbonyl (C=O) groups is 2. The summed E-state index contributed by atoms with van der Waals surface area (Å²) in [4.78, 5) is 30.8. The van der Waals surface area contributed by atoms with Crippen LogP contribution in [0.15, 0.2) is 48.5 Å². The molecule has 0 atom stereocenters. The smallest absolute Gasteiger partial charge is 0.242 e. The zero-order chi connectivity index (χ0) is 22.5. The average Bonchev–Trinajstić information content (AvgIpc) is 3.01. The Kier molecular flexibility index (Phi) is 7.15. The third kappa shape index (κ3) is 5.33. The van der Waals surface area contributed by atoms with E-state index >= 15 is 0 Å². The predicted molar refractivity (Wildman–Crippen MR) is 118 cm³/mol. The van der Waals surface area contributed by atoms with Crippen LogP contribution in [0.1, 0.15) is 42.9 Å². The number of rotatable bonds is 5. The van der Waals surface area contributed by atoms with E-state index in [1.165, 1.54) is 24.3 Å². The molecule has 2 saturated heterocycles. The molecule has 0 saturated carbocycles. The molecule has 2 aromatic carbocycles. The maximum atomic E-state index is 13.5. The number of nitrogens with zero attached hydrogens (tertiary/aromatic N) is 3. The number of amides is 2. The zero-order valence-electron chi connectivity index (χ0n) is 18.2. The van der Waals surface area contributed by atoms with Crippen molar-refractivity contribution in [2.75, 3.05) is 39.3 Å². The summed E-state index contributed by atoms with van der Waals surface area (Å²) < 4.78 is 27.0. The van der Waals surface area contributed by atoms with Gasteiger partial charge in [-0.15, -0.1) is 0 Å². The van der Waals surface area contributed by atoms with Crippen LogP contribution in [-0.4, -0.2) is 65.8 Å². The number of piperazine rings is 1. The van der Waals surface area contributed by atoms with Gasteiger partial charge in [-0.1, -0.05) is 30.7 Å². The van der Waals surface area contributed by atoms with Crippen molar-refractivity contribution in [1.82, 2.24) is 14.7 Å². The van der Waals surface area contributed by atoms with E-state index in [1.807, 2.05) is 4.90 Å². The molecule has 32 heavy (non-hydrogen) atoms. The summed E-state index contributed by atoms with van der Waals surface area (Å²) in [5, 5.41) is 0. The summed E-state index contributed by atoms with van der Waals surface area (Å²) >= 11 is 0. The molecule has 0 aliphatic carbocycles. The van der Waals surface area contributed by atoms with Crippen LogP contribution in [0.4, 0.5) is 8.78 Å². The number of hydrogen-bond acceptors (Lipinski definition) is 3. The topological polar surface area (TPSA) is 43.9 Å². The van der Waals surface area contributed by atoms with Gasteiger partial charge in [0.25, 0.3) is 0 Å². The van der Waals surface area contributed by atoms with Crippen molar-refractivity contribution in [2.45, 2.75) is 31.7 Å². The van der Waals surface area contributed by atoms with Crippen LogP contribution < -0.4 is 0 Å². The van der Waals surface area contributed by atoms with Gasteiger partial charge >= 0.3 is 0 Å². The molecule has 2 aromatic rings. The maximum absolute atomic E-state index is 13.5. The van der Waals surface area contributed by atoms with E-state index in [0.29, 0.717) is 39.1 Å². The normalized spacial score (nSPS) is 18.2. The Morgan fingerprint density at radius 2 is 1.34 bits per heavy atom. The molecule has 0 aromatic heterocycles. The van der Waals surface area contributed by atoms with E-state index in [0.717, 1.165) is 30.4 Å². The molecule has 0 radical (unpaired) electrons. The third-order valence-electron chi connectivity index (χ3n) is 6.40. The summed E-state index contributed by atoms with van der Waals surface area (Å²) in [6.45, 7) is 3.19. The van der Waals surface area contributed by atoms with Gasteiger partial charge in [0.15, 0.2) is 0 Å². The Balaban J connectivity index is 1.44.